The Balaban J connectivity index is 1.91. The zero-order valence-electron chi connectivity index (χ0n) is 18.0. The van der Waals surface area contributed by atoms with E-state index in [0.717, 1.165) is 36.8 Å². The molecule has 0 heterocycles. The van der Waals surface area contributed by atoms with Crippen LogP contribution in [0.25, 0.3) is 0 Å². The van der Waals surface area contributed by atoms with Gasteiger partial charge in [-0.25, -0.2) is 0 Å². The number of phenols is 2. The first kappa shape index (κ1) is 21.9. The summed E-state index contributed by atoms with van der Waals surface area (Å²) in [5, 5.41) is 20.0. The van der Waals surface area contributed by atoms with Crippen LogP contribution >= 0.6 is 0 Å². The van der Waals surface area contributed by atoms with Crippen LogP contribution in [0.1, 0.15) is 65.5 Å². The maximum Gasteiger partial charge on any atom is 0.161 e. The number of phenolic OH excluding ortho intramolecular Hbond substituents is 2. The van der Waals surface area contributed by atoms with Crippen molar-refractivity contribution in [2.75, 3.05) is 0 Å². The van der Waals surface area contributed by atoms with Gasteiger partial charge in [-0.05, 0) is 103 Å². The van der Waals surface area contributed by atoms with E-state index in [1.807, 2.05) is 65.8 Å². The smallest absolute Gasteiger partial charge is 0.161 e. The highest BCUT2D eigenvalue weighted by Gasteiger charge is 2.16. The second-order valence-corrected chi connectivity index (χ2v) is 9.24. The Morgan fingerprint density at radius 2 is 1.00 bits per heavy atom. The van der Waals surface area contributed by atoms with Gasteiger partial charge in [-0.15, -0.1) is 0 Å². The molecule has 0 aliphatic heterocycles. The number of aromatic hydroxyl groups is 2. The fourth-order valence-electron chi connectivity index (χ4n) is 2.91. The molecular weight excluding hydrogens is 352 g/mol. The van der Waals surface area contributed by atoms with Crippen molar-refractivity contribution in [1.82, 2.24) is 0 Å². The summed E-state index contributed by atoms with van der Waals surface area (Å²) in [7, 11) is 0. The normalized spacial score (nSPS) is 12.1. The molecule has 0 spiro atoms. The maximum atomic E-state index is 9.99. The fourth-order valence-corrected chi connectivity index (χ4v) is 2.91. The highest BCUT2D eigenvalue weighted by atomic mass is 16.5. The lowest BCUT2D eigenvalue weighted by molar-refractivity contribution is 0.125. The molecule has 4 nitrogen and oxygen atoms in total. The van der Waals surface area contributed by atoms with Crippen molar-refractivity contribution in [3.8, 4) is 23.0 Å². The predicted molar refractivity (Wildman–Crippen MR) is 114 cm³/mol. The number of hydrogen-bond donors (Lipinski definition) is 2. The Kier molecular flexibility index (Phi) is 6.87. The molecule has 2 aromatic rings. The van der Waals surface area contributed by atoms with Crippen molar-refractivity contribution >= 4 is 0 Å². The van der Waals surface area contributed by atoms with Gasteiger partial charge in [0, 0.05) is 0 Å². The summed E-state index contributed by atoms with van der Waals surface area (Å²) in [6.45, 7) is 11.8. The van der Waals surface area contributed by atoms with Crippen LogP contribution in [0.4, 0.5) is 0 Å². The predicted octanol–water partition coefficient (Wildman–Crippen LogP) is 6.02. The summed E-state index contributed by atoms with van der Waals surface area (Å²) < 4.78 is 11.7. The summed E-state index contributed by atoms with van der Waals surface area (Å²) in [5.74, 6) is 1.42. The van der Waals surface area contributed by atoms with E-state index in [-0.39, 0.29) is 22.7 Å². The number of unbranched alkanes of at least 4 members (excludes halogenated alkanes) is 1. The quantitative estimate of drug-likeness (QED) is 0.571. The van der Waals surface area contributed by atoms with Crippen LogP contribution < -0.4 is 9.47 Å². The first-order valence-electron chi connectivity index (χ1n) is 9.95. The third kappa shape index (κ3) is 7.34. The Bertz CT molecular complexity index is 715. The summed E-state index contributed by atoms with van der Waals surface area (Å²) in [5.41, 5.74) is 1.61. The summed E-state index contributed by atoms with van der Waals surface area (Å²) in [4.78, 5) is 0. The molecule has 0 amide bonds. The molecule has 0 radical (unpaired) electrons. The number of benzene rings is 2. The van der Waals surface area contributed by atoms with Gasteiger partial charge in [-0.3, -0.25) is 0 Å². The van der Waals surface area contributed by atoms with E-state index in [1.54, 1.807) is 12.1 Å². The molecule has 0 aliphatic rings. The molecule has 0 saturated carbocycles. The summed E-state index contributed by atoms with van der Waals surface area (Å²) >= 11 is 0. The number of hydrogen-bond acceptors (Lipinski definition) is 4. The van der Waals surface area contributed by atoms with Crippen LogP contribution in [0.15, 0.2) is 36.4 Å². The molecule has 2 aromatic carbocycles. The van der Waals surface area contributed by atoms with Gasteiger partial charge in [0.2, 0.25) is 0 Å². The third-order valence-corrected chi connectivity index (χ3v) is 4.06. The number of rotatable bonds is 7. The van der Waals surface area contributed by atoms with E-state index < -0.39 is 0 Å². The van der Waals surface area contributed by atoms with Crippen molar-refractivity contribution in [1.29, 1.82) is 0 Å². The van der Waals surface area contributed by atoms with Gasteiger partial charge >= 0.3 is 0 Å². The van der Waals surface area contributed by atoms with Gasteiger partial charge in [-0.2, -0.15) is 0 Å². The molecule has 0 unspecified atom stereocenters. The first-order chi connectivity index (χ1) is 12.9. The van der Waals surface area contributed by atoms with E-state index in [0.29, 0.717) is 11.5 Å². The summed E-state index contributed by atoms with van der Waals surface area (Å²) in [6.07, 6.45) is 3.89. The average molecular weight is 387 g/mol. The van der Waals surface area contributed by atoms with Gasteiger partial charge in [0.1, 0.15) is 11.2 Å². The van der Waals surface area contributed by atoms with Gasteiger partial charge in [0.05, 0.1) is 0 Å². The van der Waals surface area contributed by atoms with E-state index in [4.69, 9.17) is 9.47 Å². The second kappa shape index (κ2) is 8.76. The van der Waals surface area contributed by atoms with Gasteiger partial charge < -0.3 is 19.7 Å². The highest BCUT2D eigenvalue weighted by Crippen LogP contribution is 2.32. The molecule has 0 aliphatic carbocycles. The number of aryl methyl sites for hydroxylation is 2. The lowest BCUT2D eigenvalue weighted by atomic mass is 10.0. The molecule has 0 fully saturated rings. The fraction of sp³-hybridized carbons (Fsp3) is 0.500. The third-order valence-electron chi connectivity index (χ3n) is 4.06. The van der Waals surface area contributed by atoms with Crippen LogP contribution in [-0.4, -0.2) is 21.4 Å². The van der Waals surface area contributed by atoms with Crippen molar-refractivity contribution in [3.63, 3.8) is 0 Å². The minimum Gasteiger partial charge on any atom is -0.504 e. The average Bonchev–Trinajstić information content (AvgIpc) is 2.54. The zero-order valence-corrected chi connectivity index (χ0v) is 18.0. The molecule has 0 aromatic heterocycles. The molecule has 2 N–H and O–H groups in total. The Morgan fingerprint density at radius 1 is 0.643 bits per heavy atom. The van der Waals surface area contributed by atoms with Crippen LogP contribution in [0.2, 0.25) is 0 Å². The molecule has 0 saturated heterocycles. The Labute approximate surface area is 169 Å². The van der Waals surface area contributed by atoms with Crippen LogP contribution in [-0.2, 0) is 12.8 Å². The first-order valence-corrected chi connectivity index (χ1v) is 9.95. The lowest BCUT2D eigenvalue weighted by Gasteiger charge is -2.22. The van der Waals surface area contributed by atoms with Gasteiger partial charge in [-0.1, -0.05) is 12.1 Å². The number of ether oxygens (including phenoxy) is 2. The van der Waals surface area contributed by atoms with Crippen LogP contribution in [0, 0.1) is 0 Å². The van der Waals surface area contributed by atoms with Crippen molar-refractivity contribution < 1.29 is 19.7 Å². The van der Waals surface area contributed by atoms with E-state index in [1.165, 1.54) is 0 Å². The molecular formula is C24H34O4. The monoisotopic (exact) mass is 386 g/mol. The van der Waals surface area contributed by atoms with E-state index >= 15 is 0 Å². The minimum absolute atomic E-state index is 0.175. The van der Waals surface area contributed by atoms with Crippen molar-refractivity contribution in [2.45, 2.75) is 78.4 Å². The molecule has 28 heavy (non-hydrogen) atoms. The van der Waals surface area contributed by atoms with Gasteiger partial charge in [0.15, 0.2) is 23.0 Å². The lowest BCUT2D eigenvalue weighted by Crippen LogP contribution is -2.23. The molecule has 4 heteroatoms. The standard InChI is InChI=1S/C24H34O4/c1-23(2,3)27-21-15-17(11-13-19(21)25)9-7-8-10-18-12-14-20(26)22(16-18)28-24(4,5)6/h11-16,25-26H,7-10H2,1-6H3. The highest BCUT2D eigenvalue weighted by molar-refractivity contribution is 5.43. The Morgan fingerprint density at radius 3 is 1.32 bits per heavy atom. The molecule has 154 valence electrons. The zero-order chi connectivity index (χ0) is 20.9. The van der Waals surface area contributed by atoms with Gasteiger partial charge in [0.25, 0.3) is 0 Å². The van der Waals surface area contributed by atoms with E-state index in [9.17, 15) is 10.2 Å². The van der Waals surface area contributed by atoms with Crippen molar-refractivity contribution in [3.05, 3.63) is 47.5 Å². The second-order valence-electron chi connectivity index (χ2n) is 9.24. The van der Waals surface area contributed by atoms with Crippen molar-refractivity contribution in [2.24, 2.45) is 0 Å². The Hall–Kier alpha value is -2.36. The molecule has 0 atom stereocenters. The SMILES string of the molecule is CC(C)(C)Oc1cc(CCCCc2ccc(O)c(OC(C)(C)C)c2)ccc1O. The maximum absolute atomic E-state index is 9.99. The molecule has 0 bridgehead atoms. The van der Waals surface area contributed by atoms with Crippen LogP contribution in [0.5, 0.6) is 23.0 Å². The topological polar surface area (TPSA) is 58.9 Å². The largest absolute Gasteiger partial charge is 0.504 e. The molecule has 2 rings (SSSR count). The van der Waals surface area contributed by atoms with Crippen LogP contribution in [0.3, 0.4) is 0 Å². The van der Waals surface area contributed by atoms with E-state index in [2.05, 4.69) is 0 Å². The minimum atomic E-state index is -0.345. The summed E-state index contributed by atoms with van der Waals surface area (Å²) in [6, 6.07) is 11.1.